The van der Waals surface area contributed by atoms with Gasteiger partial charge in [0.15, 0.2) is 11.5 Å². The van der Waals surface area contributed by atoms with Crippen molar-refractivity contribution < 1.29 is 19.4 Å². The number of nitriles is 1. The Labute approximate surface area is 163 Å². The molecule has 0 aliphatic carbocycles. The minimum absolute atomic E-state index is 0.0418. The van der Waals surface area contributed by atoms with Gasteiger partial charge in [-0.2, -0.15) is 10.4 Å². The SMILES string of the molecule is CCOc1cc(C=NNC(=O)C(=O)Nc2ccc(C#N)cc2)cc(Br)c1O. The lowest BCUT2D eigenvalue weighted by Gasteiger charge is -2.08. The fourth-order valence-electron chi connectivity index (χ4n) is 1.97. The van der Waals surface area contributed by atoms with Crippen molar-refractivity contribution >= 4 is 39.6 Å². The van der Waals surface area contributed by atoms with E-state index in [1.807, 2.05) is 6.07 Å². The molecular formula is C18H15BrN4O4. The van der Waals surface area contributed by atoms with Crippen molar-refractivity contribution in [2.45, 2.75) is 6.92 Å². The average molecular weight is 431 g/mol. The van der Waals surface area contributed by atoms with Crippen LogP contribution in [0.15, 0.2) is 46.0 Å². The van der Waals surface area contributed by atoms with Crippen molar-refractivity contribution in [1.29, 1.82) is 5.26 Å². The van der Waals surface area contributed by atoms with E-state index in [2.05, 4.69) is 31.8 Å². The number of anilines is 1. The monoisotopic (exact) mass is 430 g/mol. The highest BCUT2D eigenvalue weighted by molar-refractivity contribution is 9.10. The second kappa shape index (κ2) is 9.35. The highest BCUT2D eigenvalue weighted by Crippen LogP contribution is 2.34. The molecule has 0 aromatic heterocycles. The van der Waals surface area contributed by atoms with Gasteiger partial charge in [0.25, 0.3) is 0 Å². The van der Waals surface area contributed by atoms with E-state index in [4.69, 9.17) is 10.00 Å². The molecule has 8 nitrogen and oxygen atoms in total. The molecule has 0 radical (unpaired) electrons. The van der Waals surface area contributed by atoms with Crippen molar-refractivity contribution in [1.82, 2.24) is 5.43 Å². The number of ether oxygens (including phenoxy) is 1. The number of benzene rings is 2. The van der Waals surface area contributed by atoms with Crippen LogP contribution >= 0.6 is 15.9 Å². The summed E-state index contributed by atoms with van der Waals surface area (Å²) in [7, 11) is 0. The molecule has 0 spiro atoms. The van der Waals surface area contributed by atoms with Gasteiger partial charge in [-0.25, -0.2) is 5.43 Å². The summed E-state index contributed by atoms with van der Waals surface area (Å²) >= 11 is 3.20. The van der Waals surface area contributed by atoms with Crippen molar-refractivity contribution in [3.63, 3.8) is 0 Å². The Bertz CT molecular complexity index is 920. The Morgan fingerprint density at radius 2 is 2.00 bits per heavy atom. The van der Waals surface area contributed by atoms with Crippen LogP contribution < -0.4 is 15.5 Å². The first-order valence-electron chi connectivity index (χ1n) is 7.74. The Hall–Kier alpha value is -3.38. The molecule has 2 aromatic carbocycles. The standard InChI is InChI=1S/C18H15BrN4O4/c1-2-27-15-8-12(7-14(19)16(15)24)10-21-23-18(26)17(25)22-13-5-3-11(9-20)4-6-13/h3-8,10,24H,2H2,1H3,(H,22,25)(H,23,26). The third-order valence-corrected chi connectivity index (χ3v) is 3.81. The smallest absolute Gasteiger partial charge is 0.329 e. The number of amides is 2. The lowest BCUT2D eigenvalue weighted by Crippen LogP contribution is -2.32. The molecule has 0 bridgehead atoms. The highest BCUT2D eigenvalue weighted by Gasteiger charge is 2.13. The van der Waals surface area contributed by atoms with Gasteiger partial charge in [0.2, 0.25) is 0 Å². The summed E-state index contributed by atoms with van der Waals surface area (Å²) < 4.78 is 5.70. The van der Waals surface area contributed by atoms with Gasteiger partial charge in [0.1, 0.15) is 0 Å². The lowest BCUT2D eigenvalue weighted by atomic mass is 10.2. The van der Waals surface area contributed by atoms with Crippen molar-refractivity contribution in [3.05, 3.63) is 52.0 Å². The van der Waals surface area contributed by atoms with Gasteiger partial charge >= 0.3 is 11.8 Å². The van der Waals surface area contributed by atoms with E-state index in [0.717, 1.165) is 0 Å². The van der Waals surface area contributed by atoms with Gasteiger partial charge in [-0.1, -0.05) is 0 Å². The molecule has 0 aliphatic heterocycles. The maximum Gasteiger partial charge on any atom is 0.329 e. The number of hydrogen-bond acceptors (Lipinski definition) is 6. The summed E-state index contributed by atoms with van der Waals surface area (Å²) in [6, 6.07) is 11.1. The van der Waals surface area contributed by atoms with E-state index in [-0.39, 0.29) is 11.5 Å². The van der Waals surface area contributed by atoms with Crippen LogP contribution in [0.1, 0.15) is 18.1 Å². The molecule has 27 heavy (non-hydrogen) atoms. The van der Waals surface area contributed by atoms with Gasteiger partial charge in [-0.05, 0) is 64.8 Å². The molecule has 0 saturated carbocycles. The number of rotatable bonds is 5. The number of nitrogens with one attached hydrogen (secondary N) is 2. The summed E-state index contributed by atoms with van der Waals surface area (Å²) in [4.78, 5) is 23.6. The van der Waals surface area contributed by atoms with Crippen molar-refractivity contribution in [2.24, 2.45) is 5.10 Å². The van der Waals surface area contributed by atoms with E-state index >= 15 is 0 Å². The van der Waals surface area contributed by atoms with E-state index in [0.29, 0.717) is 27.9 Å². The first-order chi connectivity index (χ1) is 12.9. The molecule has 2 aromatic rings. The summed E-state index contributed by atoms with van der Waals surface area (Å²) in [5, 5.41) is 24.7. The maximum atomic E-state index is 11.8. The van der Waals surface area contributed by atoms with Crippen LogP contribution in [0.3, 0.4) is 0 Å². The number of hydrogen-bond donors (Lipinski definition) is 3. The van der Waals surface area contributed by atoms with Gasteiger partial charge < -0.3 is 15.2 Å². The minimum Gasteiger partial charge on any atom is -0.503 e. The lowest BCUT2D eigenvalue weighted by molar-refractivity contribution is -0.136. The number of hydrazone groups is 1. The predicted molar refractivity (Wildman–Crippen MR) is 102 cm³/mol. The van der Waals surface area contributed by atoms with Crippen LogP contribution in [-0.4, -0.2) is 29.7 Å². The topological polar surface area (TPSA) is 124 Å². The zero-order valence-corrected chi connectivity index (χ0v) is 15.8. The summed E-state index contributed by atoms with van der Waals surface area (Å²) in [6.45, 7) is 2.15. The summed E-state index contributed by atoms with van der Waals surface area (Å²) in [5.74, 6) is -1.64. The molecule has 2 amide bonds. The van der Waals surface area contributed by atoms with E-state index in [1.165, 1.54) is 36.5 Å². The third-order valence-electron chi connectivity index (χ3n) is 3.21. The Balaban J connectivity index is 1.97. The molecule has 0 unspecified atom stereocenters. The largest absolute Gasteiger partial charge is 0.503 e. The van der Waals surface area contributed by atoms with Gasteiger partial charge in [0.05, 0.1) is 28.9 Å². The molecule has 0 aliphatic rings. The fourth-order valence-corrected chi connectivity index (χ4v) is 2.43. The molecule has 138 valence electrons. The van der Waals surface area contributed by atoms with E-state index in [1.54, 1.807) is 13.0 Å². The third kappa shape index (κ3) is 5.55. The number of halogens is 1. The number of nitrogens with zero attached hydrogens (tertiary/aromatic N) is 2. The molecular weight excluding hydrogens is 416 g/mol. The van der Waals surface area contributed by atoms with Crippen LogP contribution in [0.25, 0.3) is 0 Å². The van der Waals surface area contributed by atoms with Crippen LogP contribution in [0.2, 0.25) is 0 Å². The van der Waals surface area contributed by atoms with Crippen molar-refractivity contribution in [2.75, 3.05) is 11.9 Å². The Kier molecular flexibility index (Phi) is 6.91. The number of phenolic OH excluding ortho intramolecular Hbond substituents is 1. The molecule has 0 fully saturated rings. The minimum atomic E-state index is -0.960. The quantitative estimate of drug-likeness (QED) is 0.381. The van der Waals surface area contributed by atoms with Crippen LogP contribution in [0.5, 0.6) is 11.5 Å². The highest BCUT2D eigenvalue weighted by atomic mass is 79.9. The van der Waals surface area contributed by atoms with Crippen LogP contribution in [0.4, 0.5) is 5.69 Å². The molecule has 9 heteroatoms. The fraction of sp³-hybridized carbons (Fsp3) is 0.111. The number of phenols is 1. The summed E-state index contributed by atoms with van der Waals surface area (Å²) in [6.07, 6.45) is 1.31. The Morgan fingerprint density at radius 1 is 1.30 bits per heavy atom. The van der Waals surface area contributed by atoms with Crippen LogP contribution in [0, 0.1) is 11.3 Å². The van der Waals surface area contributed by atoms with E-state index < -0.39 is 11.8 Å². The van der Waals surface area contributed by atoms with Gasteiger partial charge in [-0.15, -0.1) is 0 Å². The van der Waals surface area contributed by atoms with Crippen molar-refractivity contribution in [3.8, 4) is 17.6 Å². The predicted octanol–water partition coefficient (Wildman–Crippen LogP) is 2.51. The molecule has 3 N–H and O–H groups in total. The number of aromatic hydroxyl groups is 1. The molecule has 0 heterocycles. The number of carbonyl (C=O) groups excluding carboxylic acids is 2. The second-order valence-corrected chi connectivity index (χ2v) is 5.98. The van der Waals surface area contributed by atoms with Gasteiger partial charge in [-0.3, -0.25) is 9.59 Å². The molecule has 0 atom stereocenters. The normalized spacial score (nSPS) is 10.3. The van der Waals surface area contributed by atoms with Gasteiger partial charge in [0, 0.05) is 5.69 Å². The Morgan fingerprint density at radius 3 is 2.63 bits per heavy atom. The summed E-state index contributed by atoms with van der Waals surface area (Å²) in [5.41, 5.74) is 3.46. The first kappa shape index (κ1) is 19.9. The average Bonchev–Trinajstić information content (AvgIpc) is 2.66. The zero-order chi connectivity index (χ0) is 19.8. The molecule has 0 saturated heterocycles. The second-order valence-electron chi connectivity index (χ2n) is 5.12. The number of carbonyl (C=O) groups is 2. The molecule has 2 rings (SSSR count). The van der Waals surface area contributed by atoms with E-state index in [9.17, 15) is 14.7 Å². The van der Waals surface area contributed by atoms with Crippen LogP contribution in [-0.2, 0) is 9.59 Å². The maximum absolute atomic E-state index is 11.8. The first-order valence-corrected chi connectivity index (χ1v) is 8.53. The zero-order valence-electron chi connectivity index (χ0n) is 14.2.